The highest BCUT2D eigenvalue weighted by Gasteiger charge is 2.32. The topological polar surface area (TPSA) is 52.9 Å². The normalized spacial score (nSPS) is 16.7. The Balaban J connectivity index is 1.90. The highest BCUT2D eigenvalue weighted by molar-refractivity contribution is 14.1. The molecule has 3 rings (SSSR count). The molecule has 1 aromatic carbocycles. The van der Waals surface area contributed by atoms with Crippen LogP contribution in [0.25, 0.3) is 0 Å². The molecule has 136 valence electrons. The summed E-state index contributed by atoms with van der Waals surface area (Å²) in [7, 11) is 0. The number of amides is 1. The summed E-state index contributed by atoms with van der Waals surface area (Å²) >= 11 is 9.87. The van der Waals surface area contributed by atoms with Crippen molar-refractivity contribution >= 4 is 56.4 Å². The zero-order valence-electron chi connectivity index (χ0n) is 15.0. The summed E-state index contributed by atoms with van der Waals surface area (Å²) in [4.78, 5) is 13.9. The maximum atomic E-state index is 12.7. The van der Waals surface area contributed by atoms with Crippen LogP contribution >= 0.6 is 45.5 Å². The largest absolute Gasteiger partial charge is 0.312 e. The lowest BCUT2D eigenvalue weighted by Gasteiger charge is -2.33. The highest BCUT2D eigenvalue weighted by atomic mass is 127. The number of benzene rings is 1. The van der Waals surface area contributed by atoms with E-state index in [4.69, 9.17) is 11.6 Å². The predicted molar refractivity (Wildman–Crippen MR) is 116 cm³/mol. The molecule has 1 amide bonds. The van der Waals surface area contributed by atoms with Gasteiger partial charge in [0.25, 0.3) is 5.91 Å². The van der Waals surface area contributed by atoms with Crippen LogP contribution in [0.4, 0.5) is 5.00 Å². The van der Waals surface area contributed by atoms with Gasteiger partial charge in [-0.2, -0.15) is 5.26 Å². The average Bonchev–Trinajstić information content (AvgIpc) is 2.92. The van der Waals surface area contributed by atoms with Gasteiger partial charge in [-0.05, 0) is 76.9 Å². The van der Waals surface area contributed by atoms with E-state index >= 15 is 0 Å². The third-order valence-corrected chi connectivity index (χ3v) is 7.17. The molecule has 2 aromatic rings. The molecule has 1 aliphatic carbocycles. The molecule has 1 aromatic heterocycles. The number of hydrogen-bond acceptors (Lipinski definition) is 3. The fourth-order valence-corrected chi connectivity index (χ4v) is 5.34. The molecular formula is C20H20ClIN2OS. The van der Waals surface area contributed by atoms with Gasteiger partial charge in [-0.25, -0.2) is 0 Å². The van der Waals surface area contributed by atoms with Crippen molar-refractivity contribution in [2.24, 2.45) is 11.3 Å². The number of nitrogens with zero attached hydrogens (tertiary/aromatic N) is 1. The molecule has 0 spiro atoms. The van der Waals surface area contributed by atoms with E-state index in [0.29, 0.717) is 27.1 Å². The van der Waals surface area contributed by atoms with Crippen LogP contribution in [0.5, 0.6) is 0 Å². The number of fused-ring (bicyclic) bond motifs is 1. The minimum absolute atomic E-state index is 0.242. The number of nitriles is 1. The molecule has 3 nitrogen and oxygen atoms in total. The van der Waals surface area contributed by atoms with Crippen molar-refractivity contribution in [1.29, 1.82) is 5.26 Å². The second kappa shape index (κ2) is 7.49. The summed E-state index contributed by atoms with van der Waals surface area (Å²) < 4.78 is 0.941. The first-order valence-corrected chi connectivity index (χ1v) is 10.8. The summed E-state index contributed by atoms with van der Waals surface area (Å²) in [5.41, 5.74) is 2.41. The van der Waals surface area contributed by atoms with Gasteiger partial charge in [0.05, 0.1) is 16.1 Å². The minimum atomic E-state index is -0.268. The van der Waals surface area contributed by atoms with Crippen molar-refractivity contribution in [2.45, 2.75) is 40.0 Å². The summed E-state index contributed by atoms with van der Waals surface area (Å²) in [6.07, 6.45) is 2.95. The van der Waals surface area contributed by atoms with E-state index in [2.05, 4.69) is 54.7 Å². The third kappa shape index (κ3) is 3.92. The van der Waals surface area contributed by atoms with Crippen molar-refractivity contribution < 1.29 is 4.79 Å². The molecule has 1 heterocycles. The average molecular weight is 499 g/mol. The highest BCUT2D eigenvalue weighted by Crippen LogP contribution is 2.44. The quantitative estimate of drug-likeness (QED) is 0.495. The summed E-state index contributed by atoms with van der Waals surface area (Å²) in [5.74, 6) is 0.324. The SMILES string of the molecule is CC(C)(C)[C@@H]1CCc2c(sc(NC(=O)c3cc(I)ccc3Cl)c2C#N)C1. The van der Waals surface area contributed by atoms with Gasteiger partial charge in [-0.15, -0.1) is 11.3 Å². The first-order valence-electron chi connectivity index (χ1n) is 8.51. The Hall–Kier alpha value is -1.10. The Morgan fingerprint density at radius 2 is 2.15 bits per heavy atom. The Bertz CT molecular complexity index is 908. The fraction of sp³-hybridized carbons (Fsp3) is 0.400. The van der Waals surface area contributed by atoms with E-state index in [1.807, 2.05) is 6.07 Å². The van der Waals surface area contributed by atoms with Crippen LogP contribution in [0.2, 0.25) is 5.02 Å². The standard InChI is InChI=1S/C20H20ClIN2OS/c1-20(2,3)11-4-6-13-15(10-23)19(26-17(13)8-11)24-18(25)14-9-12(22)5-7-16(14)21/h5,7,9,11H,4,6,8H2,1-3H3,(H,24,25)/t11-/m1/s1. The molecular weight excluding hydrogens is 479 g/mol. The smallest absolute Gasteiger partial charge is 0.257 e. The van der Waals surface area contributed by atoms with Crippen molar-refractivity contribution in [3.63, 3.8) is 0 Å². The van der Waals surface area contributed by atoms with Crippen LogP contribution in [0.3, 0.4) is 0 Å². The monoisotopic (exact) mass is 498 g/mol. The maximum absolute atomic E-state index is 12.7. The van der Waals surface area contributed by atoms with Gasteiger partial charge >= 0.3 is 0 Å². The molecule has 0 saturated carbocycles. The van der Waals surface area contributed by atoms with E-state index in [-0.39, 0.29) is 11.3 Å². The second-order valence-electron chi connectivity index (χ2n) is 7.70. The lowest BCUT2D eigenvalue weighted by atomic mass is 9.72. The molecule has 0 unspecified atom stereocenters. The summed E-state index contributed by atoms with van der Waals surface area (Å²) in [6.45, 7) is 6.80. The van der Waals surface area contributed by atoms with Crippen LogP contribution in [0.1, 0.15) is 53.6 Å². The summed E-state index contributed by atoms with van der Waals surface area (Å²) in [6, 6.07) is 7.64. The molecule has 6 heteroatoms. The number of nitrogens with one attached hydrogen (secondary N) is 1. The summed E-state index contributed by atoms with van der Waals surface area (Å²) in [5, 5.41) is 13.6. The van der Waals surface area contributed by atoms with Crippen molar-refractivity contribution in [2.75, 3.05) is 5.32 Å². The van der Waals surface area contributed by atoms with Crippen molar-refractivity contribution in [1.82, 2.24) is 0 Å². The van der Waals surface area contributed by atoms with Gasteiger partial charge in [-0.3, -0.25) is 4.79 Å². The molecule has 0 saturated heterocycles. The zero-order valence-corrected chi connectivity index (χ0v) is 18.7. The number of thiophene rings is 1. The third-order valence-electron chi connectivity index (χ3n) is 5.00. The molecule has 0 aliphatic heterocycles. The van der Waals surface area contributed by atoms with Crippen molar-refractivity contribution in [3.05, 3.63) is 48.4 Å². The van der Waals surface area contributed by atoms with E-state index in [1.54, 1.807) is 23.5 Å². The minimum Gasteiger partial charge on any atom is -0.312 e. The van der Waals surface area contributed by atoms with Crippen LogP contribution in [-0.2, 0) is 12.8 Å². The number of rotatable bonds is 2. The maximum Gasteiger partial charge on any atom is 0.257 e. The van der Waals surface area contributed by atoms with Crippen LogP contribution in [-0.4, -0.2) is 5.91 Å². The Kier molecular flexibility index (Phi) is 5.66. The number of carbonyl (C=O) groups excluding carboxylic acids is 1. The predicted octanol–water partition coefficient (Wildman–Crippen LogP) is 6.28. The van der Waals surface area contributed by atoms with E-state index < -0.39 is 0 Å². The van der Waals surface area contributed by atoms with E-state index in [9.17, 15) is 10.1 Å². The van der Waals surface area contributed by atoms with Gasteiger partial charge in [0.1, 0.15) is 11.1 Å². The molecule has 0 radical (unpaired) electrons. The Labute approximate surface area is 176 Å². The van der Waals surface area contributed by atoms with Gasteiger partial charge in [-0.1, -0.05) is 32.4 Å². The zero-order chi connectivity index (χ0) is 19.1. The number of hydrogen-bond donors (Lipinski definition) is 1. The first kappa shape index (κ1) is 19.7. The second-order valence-corrected chi connectivity index (χ2v) is 10.5. The molecule has 0 fully saturated rings. The lowest BCUT2D eigenvalue weighted by Crippen LogP contribution is -2.26. The van der Waals surface area contributed by atoms with Gasteiger partial charge < -0.3 is 5.32 Å². The van der Waals surface area contributed by atoms with Gasteiger partial charge in [0.15, 0.2) is 0 Å². The molecule has 1 atom stereocenters. The van der Waals surface area contributed by atoms with Crippen LogP contribution in [0.15, 0.2) is 18.2 Å². The van der Waals surface area contributed by atoms with E-state index in [0.717, 1.165) is 28.4 Å². The van der Waals surface area contributed by atoms with Gasteiger partial charge in [0.2, 0.25) is 0 Å². The lowest BCUT2D eigenvalue weighted by molar-refractivity contribution is 0.102. The Morgan fingerprint density at radius 3 is 2.81 bits per heavy atom. The number of anilines is 1. The molecule has 0 bridgehead atoms. The number of carbonyl (C=O) groups is 1. The van der Waals surface area contributed by atoms with E-state index in [1.165, 1.54) is 4.88 Å². The fourth-order valence-electron chi connectivity index (χ4n) is 3.37. The van der Waals surface area contributed by atoms with Gasteiger partial charge in [0, 0.05) is 8.45 Å². The molecule has 1 aliphatic rings. The molecule has 1 N–H and O–H groups in total. The van der Waals surface area contributed by atoms with Crippen LogP contribution in [0, 0.1) is 26.2 Å². The number of halogens is 2. The van der Waals surface area contributed by atoms with Crippen LogP contribution < -0.4 is 5.32 Å². The van der Waals surface area contributed by atoms with Crippen molar-refractivity contribution in [3.8, 4) is 6.07 Å². The Morgan fingerprint density at radius 1 is 1.42 bits per heavy atom. The first-order chi connectivity index (χ1) is 12.2. The molecule has 26 heavy (non-hydrogen) atoms.